The Bertz CT molecular complexity index is 1190. The maximum atomic E-state index is 13.5. The minimum absolute atomic E-state index is 0.144. The number of nitrogens with zero attached hydrogens (tertiary/aromatic N) is 2. The van der Waals surface area contributed by atoms with E-state index < -0.39 is 29.9 Å². The lowest BCUT2D eigenvalue weighted by atomic mass is 9.90. The van der Waals surface area contributed by atoms with Crippen LogP contribution in [0.2, 0.25) is 0 Å². The van der Waals surface area contributed by atoms with Crippen molar-refractivity contribution in [2.45, 2.75) is 19.1 Å². The first kappa shape index (κ1) is 20.0. The quantitative estimate of drug-likeness (QED) is 0.637. The van der Waals surface area contributed by atoms with E-state index in [1.165, 1.54) is 17.0 Å². The molecule has 0 radical (unpaired) electrons. The number of carbonyl (C=O) groups is 3. The maximum Gasteiger partial charge on any atom is 0.335 e. The van der Waals surface area contributed by atoms with Crippen LogP contribution in [-0.2, 0) is 14.4 Å². The molecular weight excluding hydrogens is 408 g/mol. The van der Waals surface area contributed by atoms with Crippen LogP contribution in [0.15, 0.2) is 78.9 Å². The maximum absolute atomic E-state index is 13.5. The molecule has 0 spiro atoms. The molecule has 1 N–H and O–H groups in total. The van der Waals surface area contributed by atoms with E-state index in [0.717, 1.165) is 5.56 Å². The largest absolute Gasteiger partial charge is 0.478 e. The van der Waals surface area contributed by atoms with Crippen molar-refractivity contribution >= 4 is 29.2 Å². The summed E-state index contributed by atoms with van der Waals surface area (Å²) in [7, 11) is 0. The molecule has 160 valence electrons. The van der Waals surface area contributed by atoms with Crippen molar-refractivity contribution in [2.75, 3.05) is 9.96 Å². The van der Waals surface area contributed by atoms with Gasteiger partial charge in [-0.1, -0.05) is 48.0 Å². The minimum atomic E-state index is -1.03. The normalized spacial score (nSPS) is 22.3. The number of anilines is 2. The zero-order chi connectivity index (χ0) is 22.4. The predicted molar refractivity (Wildman–Crippen MR) is 117 cm³/mol. The first-order valence-corrected chi connectivity index (χ1v) is 10.2. The summed E-state index contributed by atoms with van der Waals surface area (Å²) in [5.41, 5.74) is 3.08. The number of rotatable bonds is 4. The van der Waals surface area contributed by atoms with E-state index in [0.29, 0.717) is 16.9 Å². The number of aryl methyl sites for hydroxylation is 1. The van der Waals surface area contributed by atoms with Crippen LogP contribution in [0, 0.1) is 12.8 Å². The summed E-state index contributed by atoms with van der Waals surface area (Å²) in [6, 6.07) is 22.2. The molecule has 7 heteroatoms. The van der Waals surface area contributed by atoms with E-state index in [4.69, 9.17) is 4.84 Å². The number of benzene rings is 3. The number of carboxylic acid groups (broad SMARTS) is 1. The van der Waals surface area contributed by atoms with Crippen LogP contribution in [0.5, 0.6) is 0 Å². The fraction of sp³-hybridized carbons (Fsp3) is 0.160. The lowest BCUT2D eigenvalue weighted by Gasteiger charge is -2.28. The van der Waals surface area contributed by atoms with E-state index >= 15 is 0 Å². The van der Waals surface area contributed by atoms with E-state index in [9.17, 15) is 19.5 Å². The fourth-order valence-electron chi connectivity index (χ4n) is 4.32. The Labute approximate surface area is 184 Å². The summed E-state index contributed by atoms with van der Waals surface area (Å²) in [6.07, 6.45) is -0.965. The molecule has 2 heterocycles. The fourth-order valence-corrected chi connectivity index (χ4v) is 4.32. The Morgan fingerprint density at radius 1 is 0.844 bits per heavy atom. The van der Waals surface area contributed by atoms with Gasteiger partial charge in [0.2, 0.25) is 5.91 Å². The summed E-state index contributed by atoms with van der Waals surface area (Å²) in [4.78, 5) is 45.3. The number of aromatic carboxylic acids is 1. The van der Waals surface area contributed by atoms with Gasteiger partial charge in [-0.3, -0.25) is 14.4 Å². The van der Waals surface area contributed by atoms with Gasteiger partial charge in [-0.25, -0.2) is 14.8 Å². The molecule has 32 heavy (non-hydrogen) atoms. The van der Waals surface area contributed by atoms with Crippen LogP contribution < -0.4 is 9.96 Å². The molecule has 3 aromatic rings. The van der Waals surface area contributed by atoms with Gasteiger partial charge in [-0.2, -0.15) is 0 Å². The zero-order valence-electron chi connectivity index (χ0n) is 17.2. The molecule has 0 saturated carbocycles. The third-order valence-corrected chi connectivity index (χ3v) is 5.92. The molecule has 3 aromatic carbocycles. The van der Waals surface area contributed by atoms with Crippen molar-refractivity contribution in [3.05, 3.63) is 95.6 Å². The van der Waals surface area contributed by atoms with Gasteiger partial charge in [0.25, 0.3) is 5.91 Å². The molecular formula is C25H20N2O5. The van der Waals surface area contributed by atoms with Gasteiger partial charge in [-0.15, -0.1) is 0 Å². The lowest BCUT2D eigenvalue weighted by Crippen LogP contribution is -2.37. The molecule has 2 aliphatic heterocycles. The Hall–Kier alpha value is -3.97. The van der Waals surface area contributed by atoms with Crippen molar-refractivity contribution in [1.82, 2.24) is 0 Å². The molecule has 3 atom stereocenters. The van der Waals surface area contributed by atoms with Gasteiger partial charge in [0, 0.05) is 0 Å². The van der Waals surface area contributed by atoms with Gasteiger partial charge in [0.05, 0.1) is 23.0 Å². The number of hydrogen-bond donors (Lipinski definition) is 1. The zero-order valence-corrected chi connectivity index (χ0v) is 17.2. The summed E-state index contributed by atoms with van der Waals surface area (Å²) >= 11 is 0. The number of carbonyl (C=O) groups excluding carboxylic acids is 2. The van der Waals surface area contributed by atoms with Gasteiger partial charge < -0.3 is 5.11 Å². The van der Waals surface area contributed by atoms with E-state index in [2.05, 4.69) is 0 Å². The highest BCUT2D eigenvalue weighted by atomic mass is 16.7. The number of imide groups is 1. The second kappa shape index (κ2) is 7.62. The molecule has 2 fully saturated rings. The topological polar surface area (TPSA) is 87.2 Å². The minimum Gasteiger partial charge on any atom is -0.478 e. The second-order valence-corrected chi connectivity index (χ2v) is 7.93. The first-order chi connectivity index (χ1) is 15.5. The predicted octanol–water partition coefficient (Wildman–Crippen LogP) is 3.74. The van der Waals surface area contributed by atoms with Crippen molar-refractivity contribution in [2.24, 2.45) is 5.92 Å². The number of fused-ring (bicyclic) bond motifs is 1. The molecule has 0 bridgehead atoms. The highest BCUT2D eigenvalue weighted by molar-refractivity contribution is 6.23. The van der Waals surface area contributed by atoms with Crippen molar-refractivity contribution in [3.8, 4) is 0 Å². The van der Waals surface area contributed by atoms with E-state index in [1.807, 2.05) is 49.4 Å². The van der Waals surface area contributed by atoms with Crippen LogP contribution in [0.25, 0.3) is 0 Å². The molecule has 2 amide bonds. The van der Waals surface area contributed by atoms with Gasteiger partial charge in [0.1, 0.15) is 5.92 Å². The standard InChI is InChI=1S/C25H20N2O5/c1-15-7-13-18(14-8-15)26-23(28)20-21(16-9-11-17(12-10-16)25(30)31)27(32-22(20)24(26)29)19-5-3-2-4-6-19/h2-14,20-22H,1H3,(H,30,31)/t20-,21-,22+/m1/s1. The van der Waals surface area contributed by atoms with Crippen LogP contribution in [0.1, 0.15) is 27.5 Å². The average molecular weight is 428 g/mol. The molecule has 0 unspecified atom stereocenters. The van der Waals surface area contributed by atoms with Crippen molar-refractivity contribution in [3.63, 3.8) is 0 Å². The van der Waals surface area contributed by atoms with Gasteiger partial charge in [-0.05, 0) is 48.9 Å². The highest BCUT2D eigenvalue weighted by Gasteiger charge is 2.60. The molecule has 0 aromatic heterocycles. The first-order valence-electron chi connectivity index (χ1n) is 10.2. The Morgan fingerprint density at radius 2 is 1.50 bits per heavy atom. The van der Waals surface area contributed by atoms with Gasteiger partial charge >= 0.3 is 5.97 Å². The van der Waals surface area contributed by atoms with Crippen LogP contribution in [-0.4, -0.2) is 29.0 Å². The Morgan fingerprint density at radius 3 is 2.12 bits per heavy atom. The number of carboxylic acids is 1. The molecule has 2 aliphatic rings. The molecule has 2 saturated heterocycles. The second-order valence-electron chi connectivity index (χ2n) is 7.93. The Balaban J connectivity index is 1.57. The third-order valence-electron chi connectivity index (χ3n) is 5.92. The average Bonchev–Trinajstić information content (AvgIpc) is 3.31. The summed E-state index contributed by atoms with van der Waals surface area (Å²) in [5.74, 6) is -2.54. The monoisotopic (exact) mass is 428 g/mol. The lowest BCUT2D eigenvalue weighted by molar-refractivity contribution is -0.126. The summed E-state index contributed by atoms with van der Waals surface area (Å²) in [6.45, 7) is 1.93. The highest BCUT2D eigenvalue weighted by Crippen LogP contribution is 2.47. The third kappa shape index (κ3) is 3.14. The molecule has 7 nitrogen and oxygen atoms in total. The summed E-state index contributed by atoms with van der Waals surface area (Å²) < 4.78 is 0. The molecule has 5 rings (SSSR count). The Kier molecular flexibility index (Phi) is 4.75. The van der Waals surface area contributed by atoms with Crippen molar-refractivity contribution in [1.29, 1.82) is 0 Å². The molecule has 0 aliphatic carbocycles. The van der Waals surface area contributed by atoms with E-state index in [1.54, 1.807) is 29.3 Å². The van der Waals surface area contributed by atoms with Crippen LogP contribution in [0.3, 0.4) is 0 Å². The smallest absolute Gasteiger partial charge is 0.335 e. The van der Waals surface area contributed by atoms with Crippen molar-refractivity contribution < 1.29 is 24.3 Å². The van der Waals surface area contributed by atoms with E-state index in [-0.39, 0.29) is 11.5 Å². The summed E-state index contributed by atoms with van der Waals surface area (Å²) in [5, 5.41) is 10.8. The SMILES string of the molecule is Cc1ccc(N2C(=O)[C@H]3[C@H](ON(c4ccccc4)[C@@H]3c3ccc(C(=O)O)cc3)C2=O)cc1. The number of hydroxylamine groups is 1. The number of amides is 2. The van der Waals surface area contributed by atoms with Crippen LogP contribution >= 0.6 is 0 Å². The van der Waals surface area contributed by atoms with Gasteiger partial charge in [0.15, 0.2) is 6.10 Å². The van der Waals surface area contributed by atoms with Crippen LogP contribution in [0.4, 0.5) is 11.4 Å². The number of para-hydroxylation sites is 1. The number of hydrogen-bond acceptors (Lipinski definition) is 5.